The Balaban J connectivity index is 1.38. The van der Waals surface area contributed by atoms with Crippen molar-refractivity contribution in [2.45, 2.75) is 13.1 Å². The summed E-state index contributed by atoms with van der Waals surface area (Å²) in [4.78, 5) is 51.4. The van der Waals surface area contributed by atoms with Crippen molar-refractivity contribution in [1.82, 2.24) is 10.2 Å². The molecule has 1 heterocycles. The highest BCUT2D eigenvalue weighted by Crippen LogP contribution is 2.26. The Morgan fingerprint density at radius 1 is 0.833 bits per heavy atom. The average Bonchev–Trinajstić information content (AvgIpc) is 3.15. The van der Waals surface area contributed by atoms with Crippen molar-refractivity contribution in [3.8, 4) is 11.5 Å². The third kappa shape index (κ3) is 5.20. The summed E-state index contributed by atoms with van der Waals surface area (Å²) >= 11 is 0. The van der Waals surface area contributed by atoms with Gasteiger partial charge in [0, 0.05) is 6.54 Å². The van der Waals surface area contributed by atoms with E-state index in [-0.39, 0.29) is 24.4 Å². The highest BCUT2D eigenvalue weighted by atomic mass is 16.5. The van der Waals surface area contributed by atoms with Gasteiger partial charge >= 0.3 is 5.97 Å². The van der Waals surface area contributed by atoms with Gasteiger partial charge in [0.25, 0.3) is 17.7 Å². The maximum Gasteiger partial charge on any atom is 0.342 e. The average molecular weight is 488 g/mol. The van der Waals surface area contributed by atoms with Gasteiger partial charge < -0.3 is 19.5 Å². The van der Waals surface area contributed by atoms with Crippen molar-refractivity contribution in [3.05, 3.63) is 94.5 Å². The molecule has 9 heteroatoms. The first-order valence-corrected chi connectivity index (χ1v) is 11.1. The number of hydrogen-bond acceptors (Lipinski definition) is 7. The number of nitrogens with one attached hydrogen (secondary N) is 1. The molecule has 9 nitrogen and oxygen atoms in total. The normalized spacial score (nSPS) is 12.2. The number of amides is 3. The molecule has 0 saturated carbocycles. The first-order chi connectivity index (χ1) is 17.4. The van der Waals surface area contributed by atoms with Crippen molar-refractivity contribution in [2.24, 2.45) is 0 Å². The van der Waals surface area contributed by atoms with Gasteiger partial charge in [0.1, 0.15) is 17.1 Å². The molecule has 1 aliphatic heterocycles. The molecule has 1 aliphatic rings. The number of fused-ring (bicyclic) bond motifs is 1. The fourth-order valence-corrected chi connectivity index (χ4v) is 3.78. The van der Waals surface area contributed by atoms with Crippen LogP contribution in [0.5, 0.6) is 11.5 Å². The monoisotopic (exact) mass is 488 g/mol. The molecule has 0 bridgehead atoms. The number of rotatable bonds is 9. The second kappa shape index (κ2) is 10.7. The number of carbonyl (C=O) groups is 4. The molecule has 0 atom stereocenters. The molecule has 0 aliphatic carbocycles. The number of esters is 1. The molecule has 0 saturated heterocycles. The van der Waals surface area contributed by atoms with E-state index in [0.29, 0.717) is 22.4 Å². The Hall–Kier alpha value is -4.66. The fourth-order valence-electron chi connectivity index (χ4n) is 3.78. The van der Waals surface area contributed by atoms with Gasteiger partial charge in [-0.3, -0.25) is 19.3 Å². The number of methoxy groups -OCH3 is 2. The van der Waals surface area contributed by atoms with E-state index in [1.165, 1.54) is 13.2 Å². The van der Waals surface area contributed by atoms with E-state index in [4.69, 9.17) is 14.2 Å². The van der Waals surface area contributed by atoms with E-state index in [2.05, 4.69) is 5.32 Å². The van der Waals surface area contributed by atoms with Crippen molar-refractivity contribution in [2.75, 3.05) is 20.8 Å². The lowest BCUT2D eigenvalue weighted by Crippen LogP contribution is -2.29. The number of ether oxygens (including phenoxy) is 3. The first-order valence-electron chi connectivity index (χ1n) is 11.1. The van der Waals surface area contributed by atoms with Gasteiger partial charge in [-0.15, -0.1) is 0 Å². The van der Waals surface area contributed by atoms with Crippen LogP contribution in [-0.4, -0.2) is 49.4 Å². The summed E-state index contributed by atoms with van der Waals surface area (Å²) in [5.41, 5.74) is 2.15. The van der Waals surface area contributed by atoms with Gasteiger partial charge in [0.15, 0.2) is 6.61 Å². The number of hydrogen-bond donors (Lipinski definition) is 1. The van der Waals surface area contributed by atoms with Crippen LogP contribution in [0.25, 0.3) is 0 Å². The predicted molar refractivity (Wildman–Crippen MR) is 129 cm³/mol. The number of benzene rings is 3. The second-order valence-corrected chi connectivity index (χ2v) is 7.98. The first kappa shape index (κ1) is 24.5. The number of imide groups is 1. The van der Waals surface area contributed by atoms with Crippen LogP contribution in [0.15, 0.2) is 66.7 Å². The molecular weight excluding hydrogens is 464 g/mol. The molecular formula is C27H24N2O7. The predicted octanol–water partition coefficient (Wildman–Crippen LogP) is 2.97. The minimum Gasteiger partial charge on any atom is -0.497 e. The van der Waals surface area contributed by atoms with Crippen LogP contribution in [0.2, 0.25) is 0 Å². The molecule has 3 amide bonds. The molecule has 0 aromatic heterocycles. The van der Waals surface area contributed by atoms with E-state index >= 15 is 0 Å². The second-order valence-electron chi connectivity index (χ2n) is 7.98. The molecule has 3 aromatic carbocycles. The summed E-state index contributed by atoms with van der Waals surface area (Å²) in [6.45, 7) is -0.251. The summed E-state index contributed by atoms with van der Waals surface area (Å²) in [5, 5.41) is 2.68. The molecule has 4 rings (SSSR count). The lowest BCUT2D eigenvalue weighted by molar-refractivity contribution is -0.124. The third-order valence-corrected chi connectivity index (χ3v) is 5.69. The van der Waals surface area contributed by atoms with E-state index in [9.17, 15) is 19.2 Å². The van der Waals surface area contributed by atoms with Crippen molar-refractivity contribution in [1.29, 1.82) is 0 Å². The Labute approximate surface area is 207 Å². The maximum absolute atomic E-state index is 12.7. The molecule has 0 fully saturated rings. The van der Waals surface area contributed by atoms with Crippen LogP contribution in [0, 0.1) is 0 Å². The van der Waals surface area contributed by atoms with E-state index in [1.54, 1.807) is 55.6 Å². The lowest BCUT2D eigenvalue weighted by Gasteiger charge is -2.16. The van der Waals surface area contributed by atoms with Crippen LogP contribution in [-0.2, 0) is 22.6 Å². The zero-order valence-corrected chi connectivity index (χ0v) is 19.8. The summed E-state index contributed by atoms with van der Waals surface area (Å²) < 4.78 is 15.5. The van der Waals surface area contributed by atoms with Gasteiger partial charge in [-0.25, -0.2) is 4.79 Å². The van der Waals surface area contributed by atoms with Crippen LogP contribution in [0.1, 0.15) is 42.2 Å². The molecule has 0 spiro atoms. The van der Waals surface area contributed by atoms with E-state index < -0.39 is 30.3 Å². The van der Waals surface area contributed by atoms with E-state index in [0.717, 1.165) is 10.5 Å². The topological polar surface area (TPSA) is 111 Å². The summed E-state index contributed by atoms with van der Waals surface area (Å²) in [6, 6.07) is 18.5. The van der Waals surface area contributed by atoms with Gasteiger partial charge in [-0.05, 0) is 47.5 Å². The van der Waals surface area contributed by atoms with Crippen molar-refractivity contribution < 1.29 is 33.4 Å². The van der Waals surface area contributed by atoms with Gasteiger partial charge in [0.05, 0.1) is 31.9 Å². The minimum absolute atomic E-state index is 0.0288. The highest BCUT2D eigenvalue weighted by Gasteiger charge is 2.35. The molecule has 0 radical (unpaired) electrons. The molecule has 1 N–H and O–H groups in total. The van der Waals surface area contributed by atoms with Crippen molar-refractivity contribution >= 4 is 23.7 Å². The molecule has 0 unspecified atom stereocenters. The quantitative estimate of drug-likeness (QED) is 0.364. The van der Waals surface area contributed by atoms with Gasteiger partial charge in [-0.1, -0.05) is 30.3 Å². The van der Waals surface area contributed by atoms with Crippen LogP contribution in [0.3, 0.4) is 0 Å². The van der Waals surface area contributed by atoms with Crippen LogP contribution in [0.4, 0.5) is 0 Å². The zero-order chi connectivity index (χ0) is 25.7. The summed E-state index contributed by atoms with van der Waals surface area (Å²) in [6.07, 6.45) is 0. The Bertz CT molecular complexity index is 1280. The Kier molecular flexibility index (Phi) is 7.29. The zero-order valence-electron chi connectivity index (χ0n) is 19.8. The van der Waals surface area contributed by atoms with E-state index in [1.807, 2.05) is 12.1 Å². The summed E-state index contributed by atoms with van der Waals surface area (Å²) in [7, 11) is 2.97. The minimum atomic E-state index is -0.768. The molecule has 36 heavy (non-hydrogen) atoms. The largest absolute Gasteiger partial charge is 0.497 e. The smallest absolute Gasteiger partial charge is 0.342 e. The Morgan fingerprint density at radius 2 is 1.47 bits per heavy atom. The SMILES string of the molecule is COc1ccc(CNC(=O)COC(=O)c2cc(CN3C(=O)c4ccccc4C3=O)ccc2OC)cc1. The van der Waals surface area contributed by atoms with Crippen molar-refractivity contribution in [3.63, 3.8) is 0 Å². The van der Waals surface area contributed by atoms with Crippen LogP contribution < -0.4 is 14.8 Å². The third-order valence-electron chi connectivity index (χ3n) is 5.69. The molecule has 184 valence electrons. The number of nitrogens with zero attached hydrogens (tertiary/aromatic N) is 1. The Morgan fingerprint density at radius 3 is 2.08 bits per heavy atom. The van der Waals surface area contributed by atoms with Gasteiger partial charge in [0.2, 0.25) is 0 Å². The lowest BCUT2D eigenvalue weighted by atomic mass is 10.1. The fraction of sp³-hybridized carbons (Fsp3) is 0.185. The standard InChI is InChI=1S/C27H24N2O7/c1-34-19-10-7-17(8-11-19)14-28-24(30)16-36-27(33)22-13-18(9-12-23(22)35-2)15-29-25(31)20-5-3-4-6-21(20)26(29)32/h3-13H,14-16H2,1-2H3,(H,28,30). The molecule has 3 aromatic rings. The van der Waals surface area contributed by atoms with Gasteiger partial charge in [-0.2, -0.15) is 0 Å². The number of carbonyl (C=O) groups excluding carboxylic acids is 4. The van der Waals surface area contributed by atoms with Crippen LogP contribution >= 0.6 is 0 Å². The maximum atomic E-state index is 12.7. The summed E-state index contributed by atoms with van der Waals surface area (Å²) in [5.74, 6) is -1.09. The highest BCUT2D eigenvalue weighted by molar-refractivity contribution is 6.21.